The Morgan fingerprint density at radius 3 is 2.64 bits per heavy atom. The molecule has 0 aromatic rings. The number of rotatable bonds is 3. The summed E-state index contributed by atoms with van der Waals surface area (Å²) in [6, 6.07) is 0. The number of esters is 1. The molecule has 0 aromatic carbocycles. The fourth-order valence-electron chi connectivity index (χ4n) is 0.480. The number of aliphatic hydroxyl groups excluding tert-OH is 1. The van der Waals surface area contributed by atoms with Gasteiger partial charge in [0.25, 0.3) is 0 Å². The Balaban J connectivity index is 3.92. The van der Waals surface area contributed by atoms with E-state index in [1.165, 1.54) is 13.2 Å². The van der Waals surface area contributed by atoms with Crippen molar-refractivity contribution >= 4 is 5.97 Å². The first-order chi connectivity index (χ1) is 5.20. The predicted molar refractivity (Wildman–Crippen MR) is 42.0 cm³/mol. The summed E-state index contributed by atoms with van der Waals surface area (Å²) in [6.45, 7) is 1.77. The van der Waals surface area contributed by atoms with Gasteiger partial charge in [-0.15, -0.1) is 0 Å². The molecule has 3 heteroatoms. The quantitative estimate of drug-likeness (QED) is 0.371. The van der Waals surface area contributed by atoms with Gasteiger partial charge in [0.1, 0.15) is 0 Å². The van der Waals surface area contributed by atoms with E-state index in [1.54, 1.807) is 19.1 Å². The molecule has 0 aliphatic heterocycles. The monoisotopic (exact) mass is 156 g/mol. The first kappa shape index (κ1) is 9.91. The topological polar surface area (TPSA) is 46.5 Å². The number of ether oxygens (including phenoxy) is 1. The summed E-state index contributed by atoms with van der Waals surface area (Å²) in [6.07, 6.45) is 4.49. The van der Waals surface area contributed by atoms with Gasteiger partial charge in [-0.1, -0.05) is 17.7 Å². The molecule has 0 rings (SSSR count). The second-order valence-corrected chi connectivity index (χ2v) is 1.99. The van der Waals surface area contributed by atoms with Crippen molar-refractivity contribution in [3.63, 3.8) is 0 Å². The molecule has 0 aliphatic carbocycles. The molecule has 0 aromatic heterocycles. The third-order valence-electron chi connectivity index (χ3n) is 1.10. The lowest BCUT2D eigenvalue weighted by atomic mass is 10.2. The Kier molecular flexibility index (Phi) is 5.11. The lowest BCUT2D eigenvalue weighted by Gasteiger charge is -1.90. The molecule has 3 nitrogen and oxygen atoms in total. The summed E-state index contributed by atoms with van der Waals surface area (Å²) in [5.74, 6) is -0.393. The average molecular weight is 156 g/mol. The Morgan fingerprint density at radius 1 is 1.55 bits per heavy atom. The minimum Gasteiger partial charge on any atom is -0.466 e. The van der Waals surface area contributed by atoms with E-state index < -0.39 is 5.97 Å². The van der Waals surface area contributed by atoms with Crippen LogP contribution < -0.4 is 0 Å². The van der Waals surface area contributed by atoms with Crippen LogP contribution in [0.3, 0.4) is 0 Å². The number of hydrogen-bond donors (Lipinski definition) is 1. The van der Waals surface area contributed by atoms with Crippen LogP contribution in [0.15, 0.2) is 23.8 Å². The van der Waals surface area contributed by atoms with Crippen LogP contribution >= 0.6 is 0 Å². The second-order valence-electron chi connectivity index (χ2n) is 1.99. The van der Waals surface area contributed by atoms with E-state index in [0.717, 1.165) is 5.57 Å². The molecule has 0 saturated carbocycles. The molecule has 0 fully saturated rings. The molecule has 11 heavy (non-hydrogen) atoms. The molecule has 0 saturated heterocycles. The van der Waals surface area contributed by atoms with Crippen molar-refractivity contribution < 1.29 is 14.6 Å². The molecule has 0 atom stereocenters. The summed E-state index contributed by atoms with van der Waals surface area (Å²) >= 11 is 0. The smallest absolute Gasteiger partial charge is 0.330 e. The minimum absolute atomic E-state index is 0.0165. The molecular formula is C8H12O3. The number of methoxy groups -OCH3 is 1. The van der Waals surface area contributed by atoms with Gasteiger partial charge in [0.15, 0.2) is 0 Å². The zero-order chi connectivity index (χ0) is 8.69. The Bertz CT molecular complexity index is 180. The Morgan fingerprint density at radius 2 is 2.18 bits per heavy atom. The van der Waals surface area contributed by atoms with Gasteiger partial charge < -0.3 is 9.84 Å². The Hall–Kier alpha value is -1.09. The summed E-state index contributed by atoms with van der Waals surface area (Å²) in [5.41, 5.74) is 0.831. The van der Waals surface area contributed by atoms with Crippen molar-refractivity contribution in [2.45, 2.75) is 6.92 Å². The zero-order valence-electron chi connectivity index (χ0n) is 6.70. The number of allylic oxidation sites excluding steroid dienone is 2. The standard InChI is InChI=1S/C8H12O3/c1-7(5-6-9)3-4-8(10)11-2/h3-5,9H,6H2,1-2H3. The van der Waals surface area contributed by atoms with E-state index in [-0.39, 0.29) is 6.61 Å². The fraction of sp³-hybridized carbons (Fsp3) is 0.375. The maximum absolute atomic E-state index is 10.5. The highest BCUT2D eigenvalue weighted by atomic mass is 16.5. The van der Waals surface area contributed by atoms with Gasteiger partial charge >= 0.3 is 5.97 Å². The van der Waals surface area contributed by atoms with E-state index in [1.807, 2.05) is 0 Å². The lowest BCUT2D eigenvalue weighted by Crippen LogP contribution is -1.93. The van der Waals surface area contributed by atoms with Crippen LogP contribution in [-0.2, 0) is 9.53 Å². The molecule has 62 valence electrons. The molecule has 0 bridgehead atoms. The first-order valence-corrected chi connectivity index (χ1v) is 3.24. The van der Waals surface area contributed by atoms with Gasteiger partial charge in [0.2, 0.25) is 0 Å². The maximum Gasteiger partial charge on any atom is 0.330 e. The lowest BCUT2D eigenvalue weighted by molar-refractivity contribution is -0.134. The van der Waals surface area contributed by atoms with Crippen molar-refractivity contribution in [1.82, 2.24) is 0 Å². The molecule has 0 amide bonds. The number of aliphatic hydroxyl groups is 1. The molecular weight excluding hydrogens is 144 g/mol. The van der Waals surface area contributed by atoms with E-state index in [9.17, 15) is 4.79 Å². The summed E-state index contributed by atoms with van der Waals surface area (Å²) in [5, 5.41) is 8.43. The van der Waals surface area contributed by atoms with Crippen molar-refractivity contribution in [3.8, 4) is 0 Å². The highest BCUT2D eigenvalue weighted by molar-refractivity contribution is 5.82. The second kappa shape index (κ2) is 5.68. The Labute approximate surface area is 66.0 Å². The summed E-state index contributed by atoms with van der Waals surface area (Å²) < 4.78 is 4.36. The normalized spacial score (nSPS) is 12.1. The van der Waals surface area contributed by atoms with Crippen LogP contribution in [0.2, 0.25) is 0 Å². The van der Waals surface area contributed by atoms with Crippen molar-refractivity contribution in [2.24, 2.45) is 0 Å². The van der Waals surface area contributed by atoms with Gasteiger partial charge in [-0.25, -0.2) is 4.79 Å². The highest BCUT2D eigenvalue weighted by Gasteiger charge is 1.89. The van der Waals surface area contributed by atoms with Crippen molar-refractivity contribution in [2.75, 3.05) is 13.7 Å². The van der Waals surface area contributed by atoms with E-state index >= 15 is 0 Å². The molecule has 0 unspecified atom stereocenters. The molecule has 0 heterocycles. The summed E-state index contributed by atoms with van der Waals surface area (Å²) in [4.78, 5) is 10.5. The molecule has 0 spiro atoms. The van der Waals surface area contributed by atoms with Crippen LogP contribution in [0, 0.1) is 0 Å². The third kappa shape index (κ3) is 5.36. The van der Waals surface area contributed by atoms with Gasteiger partial charge in [-0.3, -0.25) is 0 Å². The zero-order valence-corrected chi connectivity index (χ0v) is 6.70. The van der Waals surface area contributed by atoms with E-state index in [0.29, 0.717) is 0 Å². The van der Waals surface area contributed by atoms with Crippen LogP contribution in [0.1, 0.15) is 6.92 Å². The fourth-order valence-corrected chi connectivity index (χ4v) is 0.480. The van der Waals surface area contributed by atoms with E-state index in [4.69, 9.17) is 5.11 Å². The highest BCUT2D eigenvalue weighted by Crippen LogP contribution is 1.93. The minimum atomic E-state index is -0.393. The third-order valence-corrected chi connectivity index (χ3v) is 1.10. The SMILES string of the molecule is COC(=O)C=CC(C)=CCO. The van der Waals surface area contributed by atoms with Crippen LogP contribution in [0.5, 0.6) is 0 Å². The number of hydrogen-bond acceptors (Lipinski definition) is 3. The average Bonchev–Trinajstić information content (AvgIpc) is 2.01. The van der Waals surface area contributed by atoms with Gasteiger partial charge in [0, 0.05) is 6.08 Å². The summed E-state index contributed by atoms with van der Waals surface area (Å²) in [7, 11) is 1.32. The van der Waals surface area contributed by atoms with Crippen molar-refractivity contribution in [3.05, 3.63) is 23.8 Å². The first-order valence-electron chi connectivity index (χ1n) is 3.24. The van der Waals surface area contributed by atoms with Crippen LogP contribution in [0.4, 0.5) is 0 Å². The number of carbonyl (C=O) groups excluding carboxylic acids is 1. The predicted octanol–water partition coefficient (Wildman–Crippen LogP) is 0.654. The van der Waals surface area contributed by atoms with Crippen LogP contribution in [-0.4, -0.2) is 24.8 Å². The number of carbonyl (C=O) groups is 1. The molecule has 0 radical (unpaired) electrons. The molecule has 0 aliphatic rings. The van der Waals surface area contributed by atoms with E-state index in [2.05, 4.69) is 4.74 Å². The van der Waals surface area contributed by atoms with Crippen molar-refractivity contribution in [1.29, 1.82) is 0 Å². The van der Waals surface area contributed by atoms with Gasteiger partial charge in [-0.2, -0.15) is 0 Å². The largest absolute Gasteiger partial charge is 0.466 e. The molecule has 1 N–H and O–H groups in total. The maximum atomic E-state index is 10.5. The van der Waals surface area contributed by atoms with Crippen LogP contribution in [0.25, 0.3) is 0 Å². The van der Waals surface area contributed by atoms with Gasteiger partial charge in [-0.05, 0) is 6.92 Å². The van der Waals surface area contributed by atoms with Gasteiger partial charge in [0.05, 0.1) is 13.7 Å².